The first-order valence-electron chi connectivity index (χ1n) is 16.0. The summed E-state index contributed by atoms with van der Waals surface area (Å²) in [5.74, 6) is -4.57. The zero-order valence-corrected chi connectivity index (χ0v) is 26.7. The molecule has 3 fully saturated rings. The molecule has 0 radical (unpaired) electrons. The Bertz CT molecular complexity index is 1600. The Labute approximate surface area is 276 Å². The van der Waals surface area contributed by atoms with E-state index < -0.39 is 82.7 Å². The summed E-state index contributed by atoms with van der Waals surface area (Å²) in [5, 5.41) is 56.5. The first-order valence-corrected chi connectivity index (χ1v) is 16.0. The average Bonchev–Trinajstić information content (AvgIpc) is 3.31. The molecule has 0 spiro atoms. The van der Waals surface area contributed by atoms with Crippen LogP contribution < -0.4 is 5.32 Å². The molecule has 4 aliphatic carbocycles. The van der Waals surface area contributed by atoms with Gasteiger partial charge in [0.1, 0.15) is 11.7 Å². The highest BCUT2D eigenvalue weighted by Gasteiger charge is 2.68. The number of aliphatic hydroxyl groups excluding tert-OH is 2. The molecule has 0 saturated heterocycles. The number of carbonyl (C=O) groups excluding carboxylic acids is 4. The van der Waals surface area contributed by atoms with Gasteiger partial charge in [0.25, 0.3) is 5.69 Å². The number of fused-ring (bicyclic) bond motifs is 5. The highest BCUT2D eigenvalue weighted by atomic mass is 16.6. The van der Waals surface area contributed by atoms with Gasteiger partial charge in [-0.05, 0) is 61.7 Å². The molecule has 1 amide bonds. The van der Waals surface area contributed by atoms with Crippen LogP contribution in [0.5, 0.6) is 0 Å². The summed E-state index contributed by atoms with van der Waals surface area (Å²) < 4.78 is 5.12. The molecule has 0 aliphatic heterocycles. The lowest BCUT2D eigenvalue weighted by molar-refractivity contribution is -0.385. The number of benzene rings is 1. The number of rotatable bonds is 11. The van der Waals surface area contributed by atoms with Crippen molar-refractivity contribution in [1.82, 2.24) is 5.32 Å². The molecule has 0 heterocycles. The number of nitrogens with one attached hydrogen (secondary N) is 1. The lowest BCUT2D eigenvalue weighted by Gasteiger charge is -2.59. The third-order valence-electron chi connectivity index (χ3n) is 11.4. The van der Waals surface area contributed by atoms with Crippen molar-refractivity contribution in [2.24, 2.45) is 28.6 Å². The van der Waals surface area contributed by atoms with Gasteiger partial charge in [-0.15, -0.1) is 0 Å². The van der Waals surface area contributed by atoms with Crippen LogP contribution in [-0.2, 0) is 28.7 Å². The zero-order chi connectivity index (χ0) is 35.2. The Kier molecular flexibility index (Phi) is 9.47. The molecule has 5 unspecified atom stereocenters. The maximum atomic E-state index is 13.5. The standard InChI is InChI=1S/C34H40N2O12/c1-32-12-10-21(37)15-19(32)6-7-22-23-11-13-34(45,33(23,2)16-24(38)28(22)32)25(39)17-48-27(41)9-8-26(40)35-29(31(43)44)30(42)18-4-3-5-20(14-18)36(46)47/h3-5,10,12,14-15,22-24,28-30,38,42,45H,6-9,11,13,16-17H2,1-2H3,(H,35,40)(H,43,44)/t22?,23?,24-,28?,29?,30?,32-,33-,34-/m0/s1. The van der Waals surface area contributed by atoms with E-state index in [-0.39, 0.29) is 47.6 Å². The van der Waals surface area contributed by atoms with Crippen LogP contribution in [-0.4, -0.2) is 79.1 Å². The first-order chi connectivity index (χ1) is 22.5. The Balaban J connectivity index is 1.17. The summed E-state index contributed by atoms with van der Waals surface area (Å²) in [7, 11) is 0. The van der Waals surface area contributed by atoms with Crippen LogP contribution in [0.1, 0.15) is 70.5 Å². The first kappa shape index (κ1) is 35.0. The van der Waals surface area contributed by atoms with Gasteiger partial charge in [0, 0.05) is 35.3 Å². The van der Waals surface area contributed by atoms with E-state index in [9.17, 15) is 54.5 Å². The monoisotopic (exact) mass is 668 g/mol. The highest BCUT2D eigenvalue weighted by Crippen LogP contribution is 2.67. The van der Waals surface area contributed by atoms with E-state index in [1.165, 1.54) is 18.2 Å². The highest BCUT2D eigenvalue weighted by molar-refractivity contribution is 6.01. The van der Waals surface area contributed by atoms with Crippen LogP contribution in [0.25, 0.3) is 0 Å². The minimum absolute atomic E-state index is 0.00760. The average molecular weight is 669 g/mol. The second-order valence-corrected chi connectivity index (χ2v) is 13.9. The number of Topliss-reactive ketones (excluding diaryl/α,β-unsaturated/α-hetero) is 1. The molecule has 5 N–H and O–H groups in total. The van der Waals surface area contributed by atoms with Gasteiger partial charge >= 0.3 is 11.9 Å². The molecule has 48 heavy (non-hydrogen) atoms. The van der Waals surface area contributed by atoms with Crippen molar-refractivity contribution in [2.45, 2.75) is 82.6 Å². The minimum atomic E-state index is -1.88. The summed E-state index contributed by atoms with van der Waals surface area (Å²) in [6.07, 6.45) is 3.47. The van der Waals surface area contributed by atoms with Gasteiger partial charge in [-0.1, -0.05) is 37.6 Å². The Morgan fingerprint density at radius 3 is 2.58 bits per heavy atom. The molecule has 0 bridgehead atoms. The number of ether oxygens (including phenoxy) is 1. The van der Waals surface area contributed by atoms with Crippen LogP contribution in [0.4, 0.5) is 5.69 Å². The molecular weight excluding hydrogens is 628 g/mol. The summed E-state index contributed by atoms with van der Waals surface area (Å²) >= 11 is 0. The molecule has 14 heteroatoms. The largest absolute Gasteiger partial charge is 0.480 e. The number of aliphatic carboxylic acids is 1. The molecule has 5 rings (SSSR count). The molecule has 14 nitrogen and oxygen atoms in total. The van der Waals surface area contributed by atoms with Crippen LogP contribution in [0.2, 0.25) is 0 Å². The fourth-order valence-electron chi connectivity index (χ4n) is 8.88. The fraction of sp³-hybridized carbons (Fsp3) is 0.559. The molecule has 4 aliphatic rings. The number of ketones is 2. The number of nitro groups is 1. The number of carboxylic acid groups (broad SMARTS) is 1. The van der Waals surface area contributed by atoms with E-state index in [0.29, 0.717) is 19.3 Å². The van der Waals surface area contributed by atoms with Crippen LogP contribution >= 0.6 is 0 Å². The third kappa shape index (κ3) is 6.08. The second kappa shape index (κ2) is 13.0. The summed E-state index contributed by atoms with van der Waals surface area (Å²) in [6.45, 7) is 3.06. The maximum absolute atomic E-state index is 13.5. The topological polar surface area (TPSA) is 231 Å². The van der Waals surface area contributed by atoms with Gasteiger partial charge in [0.05, 0.1) is 17.4 Å². The summed E-state index contributed by atoms with van der Waals surface area (Å²) in [6, 6.07) is 2.78. The van der Waals surface area contributed by atoms with E-state index in [4.69, 9.17) is 4.74 Å². The third-order valence-corrected chi connectivity index (χ3v) is 11.4. The number of nitro benzene ring substituents is 1. The molecule has 1 aromatic carbocycles. The van der Waals surface area contributed by atoms with Gasteiger partial charge in [-0.2, -0.15) is 0 Å². The number of carboxylic acids is 1. The number of allylic oxidation sites excluding steroid dienone is 4. The number of hydrogen-bond acceptors (Lipinski definition) is 11. The summed E-state index contributed by atoms with van der Waals surface area (Å²) in [5.41, 5.74) is -2.87. The zero-order valence-electron chi connectivity index (χ0n) is 26.7. The van der Waals surface area contributed by atoms with Gasteiger partial charge in [0.2, 0.25) is 11.7 Å². The van der Waals surface area contributed by atoms with Crippen molar-refractivity contribution in [2.75, 3.05) is 6.61 Å². The summed E-state index contributed by atoms with van der Waals surface area (Å²) in [4.78, 5) is 72.6. The van der Waals surface area contributed by atoms with Crippen molar-refractivity contribution in [3.63, 3.8) is 0 Å². The fourth-order valence-corrected chi connectivity index (χ4v) is 8.88. The van der Waals surface area contributed by atoms with Crippen LogP contribution in [0, 0.1) is 38.7 Å². The normalized spacial score (nSPS) is 33.3. The molecular formula is C34H40N2O12. The van der Waals surface area contributed by atoms with E-state index in [0.717, 1.165) is 17.7 Å². The van der Waals surface area contributed by atoms with Gasteiger partial charge in [-0.25, -0.2) is 4.79 Å². The number of hydrogen-bond donors (Lipinski definition) is 5. The number of carbonyl (C=O) groups is 5. The molecule has 3 saturated carbocycles. The number of nitrogens with zero attached hydrogens (tertiary/aromatic N) is 1. The van der Waals surface area contributed by atoms with Crippen molar-refractivity contribution in [3.8, 4) is 0 Å². The van der Waals surface area contributed by atoms with Crippen molar-refractivity contribution in [3.05, 3.63) is 63.7 Å². The molecule has 9 atom stereocenters. The quantitative estimate of drug-likeness (QED) is 0.130. The number of amides is 1. The van der Waals surface area contributed by atoms with Gasteiger partial charge in [-0.3, -0.25) is 29.3 Å². The number of aliphatic hydroxyl groups is 3. The lowest BCUT2D eigenvalue weighted by Crippen LogP contribution is -2.61. The lowest BCUT2D eigenvalue weighted by atomic mass is 9.46. The maximum Gasteiger partial charge on any atom is 0.329 e. The Morgan fingerprint density at radius 1 is 1.17 bits per heavy atom. The minimum Gasteiger partial charge on any atom is -0.480 e. The predicted octanol–water partition coefficient (Wildman–Crippen LogP) is 2.10. The van der Waals surface area contributed by atoms with Crippen LogP contribution in [0.3, 0.4) is 0 Å². The van der Waals surface area contributed by atoms with Crippen LogP contribution in [0.15, 0.2) is 48.1 Å². The SMILES string of the molecule is C[C@]12C=CC(=O)C=C1CCC1C2[C@@H](O)C[C@@]2(C)C1CC[C@]2(O)C(=O)COC(=O)CCC(=O)NC(C(=O)O)C(O)c1cccc([N+](=O)[O-])c1. The van der Waals surface area contributed by atoms with E-state index in [1.54, 1.807) is 13.0 Å². The molecule has 258 valence electrons. The number of non-ortho nitro benzene ring substituents is 1. The van der Waals surface area contributed by atoms with Crippen molar-refractivity contribution < 1.29 is 54.1 Å². The second-order valence-electron chi connectivity index (χ2n) is 13.9. The molecule has 1 aromatic rings. The van der Waals surface area contributed by atoms with Crippen molar-refractivity contribution >= 4 is 35.1 Å². The predicted molar refractivity (Wildman–Crippen MR) is 166 cm³/mol. The molecule has 0 aromatic heterocycles. The Hall–Kier alpha value is -4.27. The van der Waals surface area contributed by atoms with E-state index in [1.807, 2.05) is 13.0 Å². The number of esters is 1. The van der Waals surface area contributed by atoms with E-state index >= 15 is 0 Å². The van der Waals surface area contributed by atoms with Gasteiger partial charge in [0.15, 0.2) is 18.4 Å². The van der Waals surface area contributed by atoms with E-state index in [2.05, 4.69) is 5.32 Å². The smallest absolute Gasteiger partial charge is 0.329 e. The van der Waals surface area contributed by atoms with Gasteiger partial charge < -0.3 is 30.5 Å². The van der Waals surface area contributed by atoms with Crippen molar-refractivity contribution in [1.29, 1.82) is 0 Å². The Morgan fingerprint density at radius 2 is 1.90 bits per heavy atom.